The second-order valence-electron chi connectivity index (χ2n) is 3.15. The number of thiophene rings is 1. The molecule has 0 unspecified atom stereocenters. The van der Waals surface area contributed by atoms with Gasteiger partial charge >= 0.3 is 0 Å². The van der Waals surface area contributed by atoms with Crippen LogP contribution in [0, 0.1) is 5.82 Å². The van der Waals surface area contributed by atoms with E-state index in [1.165, 1.54) is 6.07 Å². The molecule has 1 aromatic carbocycles. The van der Waals surface area contributed by atoms with Gasteiger partial charge < -0.3 is 5.73 Å². The maximum Gasteiger partial charge on any atom is 0.123 e. The molecule has 0 fully saturated rings. The van der Waals surface area contributed by atoms with Gasteiger partial charge in [0.2, 0.25) is 0 Å². The maximum atomic E-state index is 12.9. The predicted molar refractivity (Wildman–Crippen MR) is 57.9 cm³/mol. The van der Waals surface area contributed by atoms with Crippen molar-refractivity contribution in [2.75, 3.05) is 5.73 Å². The topological polar surface area (TPSA) is 26.0 Å². The summed E-state index contributed by atoms with van der Waals surface area (Å²) in [6.45, 7) is 0. The van der Waals surface area contributed by atoms with Crippen molar-refractivity contribution >= 4 is 17.0 Å². The summed E-state index contributed by atoms with van der Waals surface area (Å²) in [7, 11) is 0. The molecule has 2 aromatic rings. The first-order valence-electron chi connectivity index (χ1n) is 4.31. The van der Waals surface area contributed by atoms with Crippen LogP contribution >= 0.6 is 11.3 Å². The van der Waals surface area contributed by atoms with Crippen LogP contribution in [0.3, 0.4) is 0 Å². The minimum absolute atomic E-state index is 0.188. The Labute approximate surface area is 86.0 Å². The lowest BCUT2D eigenvalue weighted by molar-refractivity contribution is 0.626. The van der Waals surface area contributed by atoms with Crippen LogP contribution in [-0.4, -0.2) is 0 Å². The highest BCUT2D eigenvalue weighted by Gasteiger charge is 2.00. The van der Waals surface area contributed by atoms with Gasteiger partial charge in [-0.25, -0.2) is 4.39 Å². The largest absolute Gasteiger partial charge is 0.398 e. The molecule has 0 saturated carbocycles. The van der Waals surface area contributed by atoms with Gasteiger partial charge in [0.25, 0.3) is 0 Å². The summed E-state index contributed by atoms with van der Waals surface area (Å²) in [5.74, 6) is -0.188. The number of halogens is 1. The van der Waals surface area contributed by atoms with Crippen molar-refractivity contribution in [1.82, 2.24) is 0 Å². The van der Waals surface area contributed by atoms with Gasteiger partial charge in [0.05, 0.1) is 0 Å². The number of benzene rings is 1. The summed E-state index contributed by atoms with van der Waals surface area (Å²) < 4.78 is 12.9. The van der Waals surface area contributed by atoms with E-state index in [2.05, 4.69) is 0 Å². The molecule has 0 amide bonds. The van der Waals surface area contributed by atoms with E-state index in [4.69, 9.17) is 5.73 Å². The quantitative estimate of drug-likeness (QED) is 0.804. The molecule has 0 aliphatic carbocycles. The van der Waals surface area contributed by atoms with Crippen molar-refractivity contribution in [3.63, 3.8) is 0 Å². The molecule has 14 heavy (non-hydrogen) atoms. The van der Waals surface area contributed by atoms with Crippen molar-refractivity contribution < 1.29 is 4.39 Å². The lowest BCUT2D eigenvalue weighted by Gasteiger charge is -1.97. The average Bonchev–Trinajstić information content (AvgIpc) is 2.51. The number of hydrogen-bond acceptors (Lipinski definition) is 2. The third-order valence-corrected chi connectivity index (χ3v) is 2.90. The Morgan fingerprint density at radius 3 is 2.79 bits per heavy atom. The predicted octanol–water partition coefficient (Wildman–Crippen LogP) is 3.06. The average molecular weight is 207 g/mol. The number of nitrogens with two attached hydrogens (primary N) is 1. The van der Waals surface area contributed by atoms with Crippen LogP contribution < -0.4 is 5.73 Å². The molecule has 2 N–H and O–H groups in total. The molecule has 1 nitrogen and oxygen atoms in total. The Balaban J connectivity index is 2.18. The van der Waals surface area contributed by atoms with Crippen molar-refractivity contribution in [3.8, 4) is 0 Å². The molecule has 1 heterocycles. The van der Waals surface area contributed by atoms with Gasteiger partial charge in [-0.05, 0) is 23.8 Å². The van der Waals surface area contributed by atoms with Crippen molar-refractivity contribution in [3.05, 3.63) is 52.0 Å². The first-order chi connectivity index (χ1) is 6.74. The molecular weight excluding hydrogens is 197 g/mol. The van der Waals surface area contributed by atoms with Gasteiger partial charge in [0.15, 0.2) is 0 Å². The zero-order valence-corrected chi connectivity index (χ0v) is 8.35. The molecule has 72 valence electrons. The number of nitrogen functional groups attached to an aromatic ring is 1. The zero-order valence-electron chi connectivity index (χ0n) is 7.53. The summed E-state index contributed by atoms with van der Waals surface area (Å²) in [5.41, 5.74) is 7.36. The first kappa shape index (κ1) is 9.21. The monoisotopic (exact) mass is 207 g/mol. The van der Waals surface area contributed by atoms with E-state index in [1.807, 2.05) is 17.5 Å². The summed E-state index contributed by atoms with van der Waals surface area (Å²) in [5, 5.41) is 1.90. The minimum Gasteiger partial charge on any atom is -0.398 e. The molecule has 0 aliphatic rings. The van der Waals surface area contributed by atoms with Gasteiger partial charge in [-0.3, -0.25) is 0 Å². The summed E-state index contributed by atoms with van der Waals surface area (Å²) >= 11 is 1.60. The normalized spacial score (nSPS) is 10.4. The summed E-state index contributed by atoms with van der Waals surface area (Å²) in [4.78, 5) is 1.16. The van der Waals surface area contributed by atoms with Gasteiger partial charge in [0.1, 0.15) is 5.82 Å². The highest BCUT2D eigenvalue weighted by molar-refractivity contribution is 7.10. The van der Waals surface area contributed by atoms with Gasteiger partial charge in [-0.15, -0.1) is 11.3 Å². The third-order valence-electron chi connectivity index (χ3n) is 1.94. The zero-order chi connectivity index (χ0) is 9.97. The fourth-order valence-corrected chi connectivity index (χ4v) is 2.15. The first-order valence-corrected chi connectivity index (χ1v) is 5.19. The fraction of sp³-hybridized carbons (Fsp3) is 0.0909. The molecule has 1 aromatic heterocycles. The highest BCUT2D eigenvalue weighted by atomic mass is 32.1. The second-order valence-corrected chi connectivity index (χ2v) is 4.15. The molecule has 0 spiro atoms. The van der Waals surface area contributed by atoms with Crippen LogP contribution in [0.5, 0.6) is 0 Å². The fourth-order valence-electron chi connectivity index (χ4n) is 1.34. The molecule has 0 bridgehead atoms. The van der Waals surface area contributed by atoms with Crippen molar-refractivity contribution in [2.45, 2.75) is 6.42 Å². The van der Waals surface area contributed by atoms with E-state index in [0.717, 1.165) is 22.5 Å². The SMILES string of the molecule is Nc1csc(Cc2cccc(F)c2)c1. The van der Waals surface area contributed by atoms with E-state index in [9.17, 15) is 4.39 Å². The Kier molecular flexibility index (Phi) is 2.50. The minimum atomic E-state index is -0.188. The Morgan fingerprint density at radius 2 is 2.14 bits per heavy atom. The molecule has 0 radical (unpaired) electrons. The number of anilines is 1. The van der Waals surface area contributed by atoms with Crippen LogP contribution in [-0.2, 0) is 6.42 Å². The van der Waals surface area contributed by atoms with Gasteiger partial charge in [-0.1, -0.05) is 12.1 Å². The van der Waals surface area contributed by atoms with Gasteiger partial charge in [-0.2, -0.15) is 0 Å². The van der Waals surface area contributed by atoms with Gasteiger partial charge in [0, 0.05) is 22.4 Å². The second kappa shape index (κ2) is 3.80. The smallest absolute Gasteiger partial charge is 0.123 e. The molecular formula is C11H10FNS. The number of rotatable bonds is 2. The van der Waals surface area contributed by atoms with Crippen molar-refractivity contribution in [1.29, 1.82) is 0 Å². The third kappa shape index (κ3) is 2.12. The molecule has 2 rings (SSSR count). The Hall–Kier alpha value is -1.35. The van der Waals surface area contributed by atoms with Crippen LogP contribution in [0.4, 0.5) is 10.1 Å². The van der Waals surface area contributed by atoms with Crippen LogP contribution in [0.2, 0.25) is 0 Å². The van der Waals surface area contributed by atoms with Crippen LogP contribution in [0.15, 0.2) is 35.7 Å². The van der Waals surface area contributed by atoms with Crippen molar-refractivity contribution in [2.24, 2.45) is 0 Å². The van der Waals surface area contributed by atoms with E-state index in [0.29, 0.717) is 0 Å². The molecule has 0 saturated heterocycles. The summed E-state index contributed by atoms with van der Waals surface area (Å²) in [6.07, 6.45) is 0.750. The standard InChI is InChI=1S/C11H10FNS/c12-9-3-1-2-8(4-9)5-11-6-10(13)7-14-11/h1-4,6-7H,5,13H2. The van der Waals surface area contributed by atoms with Crippen LogP contribution in [0.1, 0.15) is 10.4 Å². The maximum absolute atomic E-state index is 12.9. The lowest BCUT2D eigenvalue weighted by atomic mass is 10.1. The lowest BCUT2D eigenvalue weighted by Crippen LogP contribution is -1.86. The van der Waals surface area contributed by atoms with E-state index < -0.39 is 0 Å². The van der Waals surface area contributed by atoms with E-state index >= 15 is 0 Å². The highest BCUT2D eigenvalue weighted by Crippen LogP contribution is 2.20. The molecule has 0 aliphatic heterocycles. The Morgan fingerprint density at radius 1 is 1.29 bits per heavy atom. The molecule has 3 heteroatoms. The Bertz CT molecular complexity index is 436. The molecule has 0 atom stereocenters. The number of hydrogen-bond donors (Lipinski definition) is 1. The van der Waals surface area contributed by atoms with E-state index in [1.54, 1.807) is 23.5 Å². The van der Waals surface area contributed by atoms with Crippen LogP contribution in [0.25, 0.3) is 0 Å². The summed E-state index contributed by atoms with van der Waals surface area (Å²) in [6, 6.07) is 8.57. The van der Waals surface area contributed by atoms with E-state index in [-0.39, 0.29) is 5.82 Å².